The normalized spacial score (nSPS) is 16.9. The van der Waals surface area contributed by atoms with Gasteiger partial charge in [-0.15, -0.1) is 11.8 Å². The minimum Gasteiger partial charge on any atom is -0.342 e. The molecule has 0 aromatic heterocycles. The molecule has 1 saturated carbocycles. The molecule has 1 amide bonds. The van der Waals surface area contributed by atoms with Crippen molar-refractivity contribution in [2.75, 3.05) is 12.8 Å². The quantitative estimate of drug-likeness (QED) is 0.613. The molecular formula is C16H23NOS. The summed E-state index contributed by atoms with van der Waals surface area (Å²) in [5, 5.41) is 0. The van der Waals surface area contributed by atoms with E-state index in [4.69, 9.17) is 0 Å². The SMILES string of the molecule is CN(C(=O)CSc1ccccc1)C1CCCCCC1. The molecule has 104 valence electrons. The number of hydrogen-bond donors (Lipinski definition) is 0. The van der Waals surface area contributed by atoms with Crippen molar-refractivity contribution in [3.63, 3.8) is 0 Å². The Kier molecular flexibility index (Phi) is 5.77. The molecule has 2 nitrogen and oxygen atoms in total. The Morgan fingerprint density at radius 2 is 1.79 bits per heavy atom. The van der Waals surface area contributed by atoms with E-state index in [2.05, 4.69) is 12.1 Å². The number of carbonyl (C=O) groups is 1. The van der Waals surface area contributed by atoms with Gasteiger partial charge in [0.15, 0.2) is 0 Å². The Hall–Kier alpha value is -0.960. The van der Waals surface area contributed by atoms with Crippen LogP contribution in [0.2, 0.25) is 0 Å². The number of amides is 1. The van der Waals surface area contributed by atoms with Crippen LogP contribution in [0.3, 0.4) is 0 Å². The smallest absolute Gasteiger partial charge is 0.232 e. The van der Waals surface area contributed by atoms with Crippen molar-refractivity contribution in [3.05, 3.63) is 30.3 Å². The molecule has 0 radical (unpaired) electrons. The van der Waals surface area contributed by atoms with Crippen molar-refractivity contribution in [1.82, 2.24) is 4.90 Å². The van der Waals surface area contributed by atoms with Crippen LogP contribution in [-0.2, 0) is 4.79 Å². The van der Waals surface area contributed by atoms with E-state index in [0.29, 0.717) is 11.8 Å². The number of thioether (sulfide) groups is 1. The number of rotatable bonds is 4. The fourth-order valence-electron chi connectivity index (χ4n) is 2.61. The molecule has 1 aliphatic carbocycles. The van der Waals surface area contributed by atoms with Gasteiger partial charge in [-0.25, -0.2) is 0 Å². The lowest BCUT2D eigenvalue weighted by molar-refractivity contribution is -0.129. The maximum absolute atomic E-state index is 12.2. The Morgan fingerprint density at radius 3 is 2.42 bits per heavy atom. The molecule has 0 aliphatic heterocycles. The minimum absolute atomic E-state index is 0.265. The molecule has 0 unspecified atom stereocenters. The van der Waals surface area contributed by atoms with E-state index in [-0.39, 0.29) is 5.91 Å². The average Bonchev–Trinajstić information content (AvgIpc) is 2.74. The van der Waals surface area contributed by atoms with Crippen LogP contribution < -0.4 is 0 Å². The Morgan fingerprint density at radius 1 is 1.16 bits per heavy atom. The van der Waals surface area contributed by atoms with E-state index in [1.54, 1.807) is 11.8 Å². The summed E-state index contributed by atoms with van der Waals surface area (Å²) >= 11 is 1.63. The third kappa shape index (κ3) is 4.57. The van der Waals surface area contributed by atoms with Gasteiger partial charge in [-0.05, 0) is 25.0 Å². The van der Waals surface area contributed by atoms with Gasteiger partial charge in [-0.1, -0.05) is 43.9 Å². The van der Waals surface area contributed by atoms with Crippen molar-refractivity contribution >= 4 is 17.7 Å². The van der Waals surface area contributed by atoms with Gasteiger partial charge in [-0.2, -0.15) is 0 Å². The lowest BCUT2D eigenvalue weighted by atomic mass is 10.1. The molecule has 19 heavy (non-hydrogen) atoms. The van der Waals surface area contributed by atoms with Gasteiger partial charge < -0.3 is 4.90 Å². The minimum atomic E-state index is 0.265. The van der Waals surface area contributed by atoms with E-state index < -0.39 is 0 Å². The summed E-state index contributed by atoms with van der Waals surface area (Å²) in [6.45, 7) is 0. The van der Waals surface area contributed by atoms with Gasteiger partial charge >= 0.3 is 0 Å². The summed E-state index contributed by atoms with van der Waals surface area (Å²) in [4.78, 5) is 15.4. The molecule has 1 aromatic rings. The van der Waals surface area contributed by atoms with Crippen molar-refractivity contribution in [2.45, 2.75) is 49.5 Å². The highest BCUT2D eigenvalue weighted by atomic mass is 32.2. The first kappa shape index (κ1) is 14.4. The number of nitrogens with zero attached hydrogens (tertiary/aromatic N) is 1. The highest BCUT2D eigenvalue weighted by Gasteiger charge is 2.20. The van der Waals surface area contributed by atoms with Crippen LogP contribution in [0.15, 0.2) is 35.2 Å². The largest absolute Gasteiger partial charge is 0.342 e. The Balaban J connectivity index is 1.81. The highest BCUT2D eigenvalue weighted by Crippen LogP contribution is 2.23. The molecule has 0 N–H and O–H groups in total. The molecule has 0 bridgehead atoms. The summed E-state index contributed by atoms with van der Waals surface area (Å²) in [6.07, 6.45) is 7.56. The maximum Gasteiger partial charge on any atom is 0.232 e. The summed E-state index contributed by atoms with van der Waals surface area (Å²) in [5.41, 5.74) is 0. The topological polar surface area (TPSA) is 20.3 Å². The molecule has 1 aromatic carbocycles. The van der Waals surface area contributed by atoms with Crippen LogP contribution in [-0.4, -0.2) is 29.6 Å². The maximum atomic E-state index is 12.2. The van der Waals surface area contributed by atoms with Gasteiger partial charge in [0, 0.05) is 18.0 Å². The fraction of sp³-hybridized carbons (Fsp3) is 0.562. The first-order valence-corrected chi connectivity index (χ1v) is 8.19. The predicted octanol–water partition coefficient (Wildman–Crippen LogP) is 3.96. The molecule has 0 heterocycles. The highest BCUT2D eigenvalue weighted by molar-refractivity contribution is 8.00. The van der Waals surface area contributed by atoms with Gasteiger partial charge in [0.05, 0.1) is 5.75 Å². The van der Waals surface area contributed by atoms with E-state index in [9.17, 15) is 4.79 Å². The van der Waals surface area contributed by atoms with Crippen LogP contribution in [0.5, 0.6) is 0 Å². The summed E-state index contributed by atoms with van der Waals surface area (Å²) in [5.74, 6) is 0.817. The molecule has 0 atom stereocenters. The second-order valence-electron chi connectivity index (χ2n) is 5.25. The van der Waals surface area contributed by atoms with Gasteiger partial charge in [-0.3, -0.25) is 4.79 Å². The van der Waals surface area contributed by atoms with Crippen LogP contribution in [0.1, 0.15) is 38.5 Å². The van der Waals surface area contributed by atoms with E-state index in [1.165, 1.54) is 43.4 Å². The van der Waals surface area contributed by atoms with Gasteiger partial charge in [0.25, 0.3) is 0 Å². The Labute approximate surface area is 120 Å². The van der Waals surface area contributed by atoms with Crippen LogP contribution in [0.25, 0.3) is 0 Å². The van der Waals surface area contributed by atoms with Crippen LogP contribution in [0.4, 0.5) is 0 Å². The molecular weight excluding hydrogens is 254 g/mol. The van der Waals surface area contributed by atoms with Crippen molar-refractivity contribution in [1.29, 1.82) is 0 Å². The average molecular weight is 277 g/mol. The molecule has 1 aliphatic rings. The first-order chi connectivity index (χ1) is 9.27. The standard InChI is InChI=1S/C16H23NOS/c1-17(14-9-5-2-3-6-10-14)16(18)13-19-15-11-7-4-8-12-15/h4,7-8,11-12,14H,2-3,5-6,9-10,13H2,1H3. The summed E-state index contributed by atoms with van der Waals surface area (Å²) in [6, 6.07) is 10.6. The number of carbonyl (C=O) groups excluding carboxylic acids is 1. The van der Waals surface area contributed by atoms with Crippen molar-refractivity contribution in [3.8, 4) is 0 Å². The first-order valence-electron chi connectivity index (χ1n) is 7.21. The van der Waals surface area contributed by atoms with Crippen molar-refractivity contribution in [2.24, 2.45) is 0 Å². The predicted molar refractivity (Wildman–Crippen MR) is 81.4 cm³/mol. The zero-order valence-electron chi connectivity index (χ0n) is 11.7. The molecule has 2 rings (SSSR count). The zero-order valence-corrected chi connectivity index (χ0v) is 12.5. The lowest BCUT2D eigenvalue weighted by Crippen LogP contribution is -2.37. The zero-order chi connectivity index (χ0) is 13.5. The van der Waals surface area contributed by atoms with E-state index in [0.717, 1.165) is 0 Å². The van der Waals surface area contributed by atoms with Crippen molar-refractivity contribution < 1.29 is 4.79 Å². The lowest BCUT2D eigenvalue weighted by Gasteiger charge is -2.27. The second-order valence-corrected chi connectivity index (χ2v) is 6.30. The molecule has 3 heteroatoms. The van der Waals surface area contributed by atoms with Gasteiger partial charge in [0.2, 0.25) is 5.91 Å². The number of hydrogen-bond acceptors (Lipinski definition) is 2. The summed E-state index contributed by atoms with van der Waals surface area (Å²) in [7, 11) is 1.98. The van der Waals surface area contributed by atoms with Crippen LogP contribution >= 0.6 is 11.8 Å². The number of benzene rings is 1. The van der Waals surface area contributed by atoms with E-state index >= 15 is 0 Å². The fourth-order valence-corrected chi connectivity index (χ4v) is 3.46. The molecule has 0 spiro atoms. The van der Waals surface area contributed by atoms with E-state index in [1.807, 2.05) is 30.1 Å². The monoisotopic (exact) mass is 277 g/mol. The van der Waals surface area contributed by atoms with Crippen LogP contribution in [0, 0.1) is 0 Å². The third-order valence-corrected chi connectivity index (χ3v) is 4.87. The Bertz CT molecular complexity index is 385. The molecule has 1 fully saturated rings. The third-order valence-electron chi connectivity index (χ3n) is 3.87. The molecule has 0 saturated heterocycles. The van der Waals surface area contributed by atoms with Gasteiger partial charge in [0.1, 0.15) is 0 Å². The summed E-state index contributed by atoms with van der Waals surface area (Å²) < 4.78 is 0. The second kappa shape index (κ2) is 7.59.